The number of ether oxygens (including phenoxy) is 2. The van der Waals surface area contributed by atoms with E-state index in [4.69, 9.17) is 9.47 Å². The smallest absolute Gasteiger partial charge is 0.410 e. The largest absolute Gasteiger partial charge is 0.445 e. The first-order valence-electron chi connectivity index (χ1n) is 15.0. The van der Waals surface area contributed by atoms with Crippen LogP contribution in [0.5, 0.6) is 0 Å². The molecule has 222 valence electrons. The molecule has 10 heteroatoms. The van der Waals surface area contributed by atoms with Crippen molar-refractivity contribution in [3.8, 4) is 0 Å². The van der Waals surface area contributed by atoms with E-state index in [0.29, 0.717) is 44.1 Å². The molecular weight excluding hydrogens is 536 g/mol. The summed E-state index contributed by atoms with van der Waals surface area (Å²) >= 11 is 0. The van der Waals surface area contributed by atoms with Gasteiger partial charge in [-0.2, -0.15) is 0 Å². The Bertz CT molecular complexity index is 1320. The van der Waals surface area contributed by atoms with Gasteiger partial charge in [-0.1, -0.05) is 36.4 Å². The lowest BCUT2D eigenvalue weighted by Crippen LogP contribution is -2.52. The van der Waals surface area contributed by atoms with Crippen molar-refractivity contribution < 1.29 is 28.7 Å². The van der Waals surface area contributed by atoms with Crippen LogP contribution in [-0.2, 0) is 32.2 Å². The number of imide groups is 1. The van der Waals surface area contributed by atoms with Crippen LogP contribution in [0.1, 0.15) is 60.0 Å². The normalized spacial score (nSPS) is 21.9. The molecule has 1 N–H and O–H groups in total. The second-order valence-electron chi connectivity index (χ2n) is 11.7. The molecule has 4 aliphatic heterocycles. The first kappa shape index (κ1) is 28.2. The van der Waals surface area contributed by atoms with E-state index in [0.717, 1.165) is 55.6 Å². The van der Waals surface area contributed by atoms with Crippen LogP contribution in [0.4, 0.5) is 10.5 Å². The number of rotatable bonds is 7. The standard InChI is InChI=1S/C32H38N4O6/c37-29-10-9-28(30(38)33-29)36-19-26-25(31(36)39)7-4-8-27(26)34-15-11-23(12-16-34)20-41-24-13-17-35(18-14-24)32(40)42-21-22-5-2-1-3-6-22/h1-8,23-24,28H,9-21H2,(H,33,37,38). The summed E-state index contributed by atoms with van der Waals surface area (Å²) in [5, 5.41) is 2.37. The average molecular weight is 575 g/mol. The van der Waals surface area contributed by atoms with Crippen molar-refractivity contribution in [2.45, 2.75) is 63.8 Å². The van der Waals surface area contributed by atoms with Crippen molar-refractivity contribution in [3.05, 3.63) is 65.2 Å². The minimum atomic E-state index is -0.606. The van der Waals surface area contributed by atoms with Gasteiger partial charge in [0.15, 0.2) is 0 Å². The zero-order valence-corrected chi connectivity index (χ0v) is 23.8. The van der Waals surface area contributed by atoms with E-state index in [1.807, 2.05) is 42.5 Å². The summed E-state index contributed by atoms with van der Waals surface area (Å²) in [6.07, 6.45) is 4.13. The number of benzene rings is 2. The number of likely N-dealkylation sites (tertiary alicyclic amines) is 1. The average Bonchev–Trinajstić information content (AvgIpc) is 3.36. The molecule has 0 bridgehead atoms. The fraction of sp³-hybridized carbons (Fsp3) is 0.500. The quantitative estimate of drug-likeness (QED) is 0.505. The number of amides is 4. The molecule has 0 spiro atoms. The molecule has 2 aromatic carbocycles. The van der Waals surface area contributed by atoms with Crippen LogP contribution in [0.2, 0.25) is 0 Å². The topological polar surface area (TPSA) is 108 Å². The van der Waals surface area contributed by atoms with Gasteiger partial charge in [-0.25, -0.2) is 4.79 Å². The molecule has 0 aromatic heterocycles. The lowest BCUT2D eigenvalue weighted by Gasteiger charge is -2.36. The SMILES string of the molecule is O=C1CCC(N2Cc3c(cccc3N3CCC(COC4CCN(C(=O)OCc5ccccc5)CC4)CC3)C2=O)C(=O)N1. The Morgan fingerprint density at radius 1 is 0.881 bits per heavy atom. The number of carbonyl (C=O) groups excluding carboxylic acids is 4. The Hall–Kier alpha value is -3.92. The highest BCUT2D eigenvalue weighted by Gasteiger charge is 2.40. The van der Waals surface area contributed by atoms with Crippen LogP contribution >= 0.6 is 0 Å². The summed E-state index contributed by atoms with van der Waals surface area (Å²) in [4.78, 5) is 55.4. The molecule has 42 heavy (non-hydrogen) atoms. The van der Waals surface area contributed by atoms with Gasteiger partial charge in [-0.15, -0.1) is 0 Å². The second-order valence-corrected chi connectivity index (χ2v) is 11.7. The second kappa shape index (κ2) is 12.5. The molecule has 4 aliphatic rings. The van der Waals surface area contributed by atoms with Crippen LogP contribution in [0.25, 0.3) is 0 Å². The molecule has 0 aliphatic carbocycles. The number of nitrogens with one attached hydrogen (secondary N) is 1. The molecular formula is C32H38N4O6. The number of nitrogens with zero attached hydrogens (tertiary/aromatic N) is 3. The highest BCUT2D eigenvalue weighted by molar-refractivity contribution is 6.06. The maximum atomic E-state index is 13.2. The van der Waals surface area contributed by atoms with E-state index in [1.54, 1.807) is 9.80 Å². The van der Waals surface area contributed by atoms with E-state index < -0.39 is 6.04 Å². The number of fused-ring (bicyclic) bond motifs is 1. The number of hydrogen-bond acceptors (Lipinski definition) is 7. The van der Waals surface area contributed by atoms with Crippen molar-refractivity contribution in [1.82, 2.24) is 15.1 Å². The lowest BCUT2D eigenvalue weighted by molar-refractivity contribution is -0.136. The molecule has 3 saturated heterocycles. The monoisotopic (exact) mass is 574 g/mol. The molecule has 4 heterocycles. The van der Waals surface area contributed by atoms with Crippen LogP contribution in [-0.4, -0.2) is 78.5 Å². The molecule has 1 unspecified atom stereocenters. The molecule has 3 fully saturated rings. The number of anilines is 1. The maximum Gasteiger partial charge on any atom is 0.410 e. The Kier molecular flexibility index (Phi) is 8.41. The van der Waals surface area contributed by atoms with Crippen LogP contribution < -0.4 is 10.2 Å². The predicted molar refractivity (Wildman–Crippen MR) is 155 cm³/mol. The number of carbonyl (C=O) groups is 4. The van der Waals surface area contributed by atoms with Crippen LogP contribution in [0.3, 0.4) is 0 Å². The van der Waals surface area contributed by atoms with E-state index >= 15 is 0 Å². The number of piperidine rings is 3. The van der Waals surface area contributed by atoms with Crippen LogP contribution in [0.15, 0.2) is 48.5 Å². The van der Waals surface area contributed by atoms with Crippen molar-refractivity contribution in [2.75, 3.05) is 37.7 Å². The third kappa shape index (κ3) is 6.13. The van der Waals surface area contributed by atoms with Crippen molar-refractivity contribution in [2.24, 2.45) is 5.92 Å². The molecule has 0 radical (unpaired) electrons. The summed E-state index contributed by atoms with van der Waals surface area (Å²) in [6.45, 7) is 4.43. The van der Waals surface area contributed by atoms with Gasteiger partial charge in [0.2, 0.25) is 11.8 Å². The first-order chi connectivity index (χ1) is 20.5. The summed E-state index contributed by atoms with van der Waals surface area (Å²) in [5.74, 6) is -0.338. The third-order valence-corrected chi connectivity index (χ3v) is 8.99. The minimum absolute atomic E-state index is 0.139. The maximum absolute atomic E-state index is 13.2. The Morgan fingerprint density at radius 2 is 1.64 bits per heavy atom. The van der Waals surface area contributed by atoms with Gasteiger partial charge in [0.25, 0.3) is 5.91 Å². The van der Waals surface area contributed by atoms with Crippen molar-refractivity contribution in [3.63, 3.8) is 0 Å². The molecule has 0 saturated carbocycles. The van der Waals surface area contributed by atoms with E-state index in [2.05, 4.69) is 16.3 Å². The summed E-state index contributed by atoms with van der Waals surface area (Å²) in [5.41, 5.74) is 3.66. The van der Waals surface area contributed by atoms with E-state index in [1.165, 1.54) is 0 Å². The summed E-state index contributed by atoms with van der Waals surface area (Å²) in [7, 11) is 0. The fourth-order valence-electron chi connectivity index (χ4n) is 6.49. The van der Waals surface area contributed by atoms with Gasteiger partial charge in [0.05, 0.1) is 6.10 Å². The number of hydrogen-bond donors (Lipinski definition) is 1. The first-order valence-corrected chi connectivity index (χ1v) is 15.0. The third-order valence-electron chi connectivity index (χ3n) is 8.99. The van der Waals surface area contributed by atoms with Gasteiger partial charge in [0, 0.05) is 62.6 Å². The van der Waals surface area contributed by atoms with Gasteiger partial charge in [-0.05, 0) is 55.7 Å². The van der Waals surface area contributed by atoms with Crippen molar-refractivity contribution in [1.29, 1.82) is 0 Å². The fourth-order valence-corrected chi connectivity index (χ4v) is 6.49. The zero-order chi connectivity index (χ0) is 29.1. The Balaban J connectivity index is 0.946. The highest BCUT2D eigenvalue weighted by atomic mass is 16.6. The predicted octanol–water partition coefficient (Wildman–Crippen LogP) is 3.48. The Morgan fingerprint density at radius 3 is 2.38 bits per heavy atom. The van der Waals surface area contributed by atoms with Gasteiger partial charge >= 0.3 is 6.09 Å². The highest BCUT2D eigenvalue weighted by Crippen LogP contribution is 2.36. The summed E-state index contributed by atoms with van der Waals surface area (Å²) in [6, 6.07) is 14.9. The minimum Gasteiger partial charge on any atom is -0.445 e. The summed E-state index contributed by atoms with van der Waals surface area (Å²) < 4.78 is 11.8. The Labute approximate surface area is 245 Å². The lowest BCUT2D eigenvalue weighted by atomic mass is 9.96. The molecule has 1 atom stereocenters. The molecule has 4 amide bonds. The van der Waals surface area contributed by atoms with Gasteiger partial charge < -0.3 is 24.2 Å². The van der Waals surface area contributed by atoms with Crippen LogP contribution in [0, 0.1) is 5.92 Å². The van der Waals surface area contributed by atoms with E-state index in [-0.39, 0.29) is 42.9 Å². The molecule has 6 rings (SSSR count). The van der Waals surface area contributed by atoms with Gasteiger partial charge in [-0.3, -0.25) is 19.7 Å². The molecule has 2 aromatic rings. The van der Waals surface area contributed by atoms with E-state index in [9.17, 15) is 19.2 Å². The molecule has 10 nitrogen and oxygen atoms in total. The van der Waals surface area contributed by atoms with Gasteiger partial charge in [0.1, 0.15) is 12.6 Å². The zero-order valence-electron chi connectivity index (χ0n) is 23.8. The van der Waals surface area contributed by atoms with Crippen molar-refractivity contribution >= 4 is 29.5 Å².